The van der Waals surface area contributed by atoms with Gasteiger partial charge in [0.15, 0.2) is 12.2 Å². The molecule has 58 heavy (non-hydrogen) atoms. The summed E-state index contributed by atoms with van der Waals surface area (Å²) < 4.78 is 35.0. The van der Waals surface area contributed by atoms with Crippen molar-refractivity contribution in [1.82, 2.24) is 0 Å². The third-order valence-corrected chi connectivity index (χ3v) is 12.4. The third-order valence-electron chi connectivity index (χ3n) is 12.4. The van der Waals surface area contributed by atoms with E-state index in [2.05, 4.69) is 13.8 Å². The van der Waals surface area contributed by atoms with Gasteiger partial charge in [0.2, 0.25) is 0 Å². The fourth-order valence-corrected chi connectivity index (χ4v) is 8.85. The Labute approximate surface area is 351 Å². The van der Waals surface area contributed by atoms with Crippen LogP contribution in [-0.4, -0.2) is 50.6 Å². The van der Waals surface area contributed by atoms with Crippen LogP contribution < -0.4 is 9.47 Å². The van der Waals surface area contributed by atoms with Crippen molar-refractivity contribution in [3.8, 4) is 11.5 Å². The molecule has 0 bridgehead atoms. The van der Waals surface area contributed by atoms with E-state index in [1.54, 1.807) is 13.8 Å². The zero-order valence-corrected chi connectivity index (χ0v) is 36.7. The average molecular weight is 807 g/mol. The molecule has 2 fully saturated rings. The van der Waals surface area contributed by atoms with Crippen LogP contribution >= 0.6 is 0 Å². The molecule has 0 N–H and O–H groups in total. The number of carbonyl (C=O) groups excluding carboxylic acids is 2. The van der Waals surface area contributed by atoms with Crippen molar-refractivity contribution in [2.75, 3.05) is 26.4 Å². The van der Waals surface area contributed by atoms with Gasteiger partial charge in [-0.1, -0.05) is 141 Å². The van der Waals surface area contributed by atoms with Gasteiger partial charge < -0.3 is 28.4 Å². The molecule has 0 unspecified atom stereocenters. The van der Waals surface area contributed by atoms with Crippen LogP contribution in [0.15, 0.2) is 48.5 Å². The maximum atomic E-state index is 13.2. The molecule has 2 saturated carbocycles. The molecule has 326 valence electrons. The normalized spacial score (nSPS) is 20.6. The number of carbonyl (C=O) groups is 2. The van der Waals surface area contributed by atoms with Crippen molar-refractivity contribution in [3.63, 3.8) is 0 Å². The van der Waals surface area contributed by atoms with Crippen LogP contribution in [0.1, 0.15) is 167 Å². The van der Waals surface area contributed by atoms with Crippen molar-refractivity contribution in [1.29, 1.82) is 0 Å². The lowest BCUT2D eigenvalue weighted by Crippen LogP contribution is -2.45. The Morgan fingerprint density at radius 2 is 0.810 bits per heavy atom. The fourth-order valence-electron chi connectivity index (χ4n) is 8.85. The van der Waals surface area contributed by atoms with Gasteiger partial charge >= 0.3 is 11.9 Å². The van der Waals surface area contributed by atoms with Crippen LogP contribution in [0.5, 0.6) is 11.5 Å². The molecule has 2 aliphatic carbocycles. The van der Waals surface area contributed by atoms with Gasteiger partial charge in [-0.2, -0.15) is 0 Å². The second-order valence-electron chi connectivity index (χ2n) is 17.0. The first-order chi connectivity index (χ1) is 28.4. The van der Waals surface area contributed by atoms with E-state index in [9.17, 15) is 9.59 Å². The first kappa shape index (κ1) is 47.6. The maximum Gasteiger partial charge on any atom is 0.338 e. The van der Waals surface area contributed by atoms with E-state index in [1.165, 1.54) is 116 Å². The summed E-state index contributed by atoms with van der Waals surface area (Å²) in [5.41, 5.74) is 1.67. The molecule has 2 aromatic rings. The topological polar surface area (TPSA) is 89.5 Å². The van der Waals surface area contributed by atoms with E-state index >= 15 is 0 Å². The highest BCUT2D eigenvalue weighted by molar-refractivity contribution is 5.85. The molecule has 8 heteroatoms. The lowest BCUT2D eigenvalue weighted by Gasteiger charge is -2.28. The minimum atomic E-state index is -1.31. The summed E-state index contributed by atoms with van der Waals surface area (Å²) >= 11 is 0. The highest BCUT2D eigenvalue weighted by Gasteiger charge is 2.38. The molecule has 4 rings (SSSR count). The second-order valence-corrected chi connectivity index (χ2v) is 17.0. The van der Waals surface area contributed by atoms with Crippen molar-refractivity contribution in [3.05, 3.63) is 59.7 Å². The number of rotatable bonds is 29. The number of hydrogen-bond acceptors (Lipinski definition) is 8. The van der Waals surface area contributed by atoms with Crippen molar-refractivity contribution < 1.29 is 38.0 Å². The first-order valence-electron chi connectivity index (χ1n) is 23.4. The van der Waals surface area contributed by atoms with Gasteiger partial charge in [0.05, 0.1) is 39.6 Å². The van der Waals surface area contributed by atoms with Crippen LogP contribution in [0.3, 0.4) is 0 Å². The highest BCUT2D eigenvalue weighted by atomic mass is 16.6. The molecular weight excluding hydrogens is 729 g/mol. The number of esters is 2. The Kier molecular flexibility index (Phi) is 23.3. The number of benzene rings is 2. The molecule has 2 aliphatic rings. The molecule has 2 atom stereocenters. The summed E-state index contributed by atoms with van der Waals surface area (Å²) in [6.45, 7) is 9.85. The van der Waals surface area contributed by atoms with E-state index in [1.807, 2.05) is 48.5 Å². The summed E-state index contributed by atoms with van der Waals surface area (Å²) in [5.74, 6) is 3.82. The van der Waals surface area contributed by atoms with Gasteiger partial charge in [-0.3, -0.25) is 0 Å². The predicted molar refractivity (Wildman–Crippen MR) is 232 cm³/mol. The van der Waals surface area contributed by atoms with E-state index in [0.29, 0.717) is 13.2 Å². The van der Waals surface area contributed by atoms with Crippen LogP contribution in [0.4, 0.5) is 0 Å². The Bertz CT molecular complexity index is 1260. The van der Waals surface area contributed by atoms with Gasteiger partial charge in [-0.25, -0.2) is 9.59 Å². The quantitative estimate of drug-likeness (QED) is 0.0593. The standard InChI is InChI=1S/C50H78O8/c1-5-9-11-15-39-19-23-41(24-20-39)17-13-35-55-45-31-27-43(28-32-45)37-57-47(49(51)53-7-3)48(50(52)54-8-4)58-38-44-29-33-46(34-30-44)56-36-14-18-42-25-21-40(22-26-42)16-12-10-6-2/h27-34,39-42,47-48H,5-26,35-38H2,1-4H3/t39?,40?,41?,42?,47-,48-/m1/s1. The molecule has 0 aliphatic heterocycles. The van der Waals surface area contributed by atoms with Crippen LogP contribution in [-0.2, 0) is 41.8 Å². The molecule has 2 aromatic carbocycles. The molecule has 0 amide bonds. The van der Waals surface area contributed by atoms with Gasteiger partial charge in [0.1, 0.15) is 11.5 Å². The molecule has 0 saturated heterocycles. The van der Waals surface area contributed by atoms with E-state index < -0.39 is 24.1 Å². The van der Waals surface area contributed by atoms with E-state index in [4.69, 9.17) is 28.4 Å². The molecule has 0 spiro atoms. The molecule has 0 heterocycles. The van der Waals surface area contributed by atoms with E-state index in [-0.39, 0.29) is 26.4 Å². The molecule has 0 aromatic heterocycles. The minimum absolute atomic E-state index is 0.0799. The Balaban J connectivity index is 1.19. The Morgan fingerprint density at radius 3 is 1.12 bits per heavy atom. The van der Waals surface area contributed by atoms with Gasteiger partial charge in [0.25, 0.3) is 0 Å². The SMILES string of the molecule is CCCCCC1CCC(CCCOc2ccc(CO[C@@H](C(=O)OCC)[C@@H](OCc3ccc(OCCCC4CCC(CCCCC)CC4)cc3)C(=O)OCC)cc2)CC1. The second kappa shape index (κ2) is 28.4. The fraction of sp³-hybridized carbons (Fsp3) is 0.720. The molecule has 0 radical (unpaired) electrons. The summed E-state index contributed by atoms with van der Waals surface area (Å²) in [5, 5.41) is 0. The lowest BCUT2D eigenvalue weighted by molar-refractivity contribution is -0.185. The minimum Gasteiger partial charge on any atom is -0.494 e. The largest absolute Gasteiger partial charge is 0.494 e. The van der Waals surface area contributed by atoms with Gasteiger partial charge in [-0.15, -0.1) is 0 Å². The summed E-state index contributed by atoms with van der Waals surface area (Å²) in [6, 6.07) is 15.4. The Morgan fingerprint density at radius 1 is 0.483 bits per heavy atom. The first-order valence-corrected chi connectivity index (χ1v) is 23.4. The highest BCUT2D eigenvalue weighted by Crippen LogP contribution is 2.35. The predicted octanol–water partition coefficient (Wildman–Crippen LogP) is 12.4. The average Bonchev–Trinajstić information content (AvgIpc) is 3.24. The van der Waals surface area contributed by atoms with Gasteiger partial charge in [0, 0.05) is 0 Å². The Hall–Kier alpha value is -3.10. The lowest BCUT2D eigenvalue weighted by atomic mass is 9.78. The van der Waals surface area contributed by atoms with Crippen LogP contribution in [0.25, 0.3) is 0 Å². The number of unbranched alkanes of at least 4 members (excludes halogenated alkanes) is 4. The van der Waals surface area contributed by atoms with Crippen molar-refractivity contribution in [2.24, 2.45) is 23.7 Å². The number of ether oxygens (including phenoxy) is 6. The zero-order valence-electron chi connectivity index (χ0n) is 36.7. The molecular formula is C50H78O8. The molecule has 8 nitrogen and oxygen atoms in total. The van der Waals surface area contributed by atoms with E-state index in [0.717, 1.165) is 59.1 Å². The zero-order chi connectivity index (χ0) is 41.2. The van der Waals surface area contributed by atoms with Crippen molar-refractivity contribution in [2.45, 2.75) is 182 Å². The third kappa shape index (κ3) is 18.0. The smallest absolute Gasteiger partial charge is 0.338 e. The van der Waals surface area contributed by atoms with Gasteiger partial charge in [-0.05, 0) is 98.6 Å². The van der Waals surface area contributed by atoms with Crippen LogP contribution in [0, 0.1) is 23.7 Å². The summed E-state index contributed by atoms with van der Waals surface area (Å²) in [4.78, 5) is 26.3. The number of hydrogen-bond donors (Lipinski definition) is 0. The summed E-state index contributed by atoms with van der Waals surface area (Å²) in [6.07, 6.45) is 24.0. The maximum absolute atomic E-state index is 13.2. The summed E-state index contributed by atoms with van der Waals surface area (Å²) in [7, 11) is 0. The van der Waals surface area contributed by atoms with Crippen molar-refractivity contribution >= 4 is 11.9 Å². The monoisotopic (exact) mass is 807 g/mol. The van der Waals surface area contributed by atoms with Crippen LogP contribution in [0.2, 0.25) is 0 Å².